The fourth-order valence-electron chi connectivity index (χ4n) is 1.64. The van der Waals surface area contributed by atoms with Gasteiger partial charge < -0.3 is 14.7 Å². The van der Waals surface area contributed by atoms with Crippen molar-refractivity contribution in [3.63, 3.8) is 0 Å². The van der Waals surface area contributed by atoms with Crippen molar-refractivity contribution in [3.8, 4) is 6.07 Å². The first kappa shape index (κ1) is 14.4. The molecule has 0 aliphatic heterocycles. The first-order valence-electron chi connectivity index (χ1n) is 5.63. The molecule has 1 N–H and O–H groups in total. The number of nitriles is 1. The maximum absolute atomic E-state index is 9.67. The number of aryl methyl sites for hydroxylation is 1. The fraction of sp³-hybridized carbons (Fsp3) is 0.583. The number of likely N-dealkylation sites (N-methyl/N-ethyl adjacent to an activating group) is 1. The van der Waals surface area contributed by atoms with E-state index in [0.29, 0.717) is 17.9 Å². The maximum atomic E-state index is 9.67. The quantitative estimate of drug-likeness (QED) is 0.815. The number of aliphatic hydroxyl groups is 1. The van der Waals surface area contributed by atoms with Crippen molar-refractivity contribution in [1.29, 1.82) is 5.26 Å². The van der Waals surface area contributed by atoms with E-state index in [1.54, 1.807) is 11.9 Å². The van der Waals surface area contributed by atoms with Crippen molar-refractivity contribution in [2.24, 2.45) is 0 Å². The van der Waals surface area contributed by atoms with Crippen LogP contribution in [0.3, 0.4) is 0 Å². The first-order chi connectivity index (χ1) is 8.51. The van der Waals surface area contributed by atoms with Gasteiger partial charge in [0.15, 0.2) is 5.82 Å². The zero-order valence-electron chi connectivity index (χ0n) is 11.1. The third kappa shape index (κ3) is 3.15. The minimum Gasteiger partial charge on any atom is -0.389 e. The second-order valence-corrected chi connectivity index (χ2v) is 4.21. The highest BCUT2D eigenvalue weighted by Gasteiger charge is 2.16. The van der Waals surface area contributed by atoms with Crippen molar-refractivity contribution >= 4 is 5.82 Å². The van der Waals surface area contributed by atoms with E-state index in [1.807, 2.05) is 13.8 Å². The Kier molecular flexibility index (Phi) is 5.01. The average Bonchev–Trinajstić information content (AvgIpc) is 2.32. The van der Waals surface area contributed by atoms with E-state index in [9.17, 15) is 10.4 Å². The number of methoxy groups -OCH3 is 1. The predicted octanol–water partition coefficient (Wildman–Crippen LogP) is 0.409. The SMILES string of the molecule is COCC(O)CN(C)c1nnc(C)c(C)c1C#N. The van der Waals surface area contributed by atoms with E-state index in [4.69, 9.17) is 4.74 Å². The lowest BCUT2D eigenvalue weighted by atomic mass is 10.1. The molecule has 0 saturated carbocycles. The van der Waals surface area contributed by atoms with Crippen molar-refractivity contribution < 1.29 is 9.84 Å². The maximum Gasteiger partial charge on any atom is 0.169 e. The number of hydrogen-bond donors (Lipinski definition) is 1. The first-order valence-corrected chi connectivity index (χ1v) is 5.63. The number of nitrogens with zero attached hydrogens (tertiary/aromatic N) is 4. The third-order valence-electron chi connectivity index (χ3n) is 2.75. The Hall–Kier alpha value is -1.71. The van der Waals surface area contributed by atoms with Crippen molar-refractivity contribution in [1.82, 2.24) is 10.2 Å². The van der Waals surface area contributed by atoms with Gasteiger partial charge >= 0.3 is 0 Å². The summed E-state index contributed by atoms with van der Waals surface area (Å²) >= 11 is 0. The van der Waals surface area contributed by atoms with Crippen molar-refractivity contribution in [2.45, 2.75) is 20.0 Å². The molecule has 0 radical (unpaired) electrons. The summed E-state index contributed by atoms with van der Waals surface area (Å²) in [5.41, 5.74) is 2.05. The molecule has 1 unspecified atom stereocenters. The lowest BCUT2D eigenvalue weighted by Gasteiger charge is -2.22. The van der Waals surface area contributed by atoms with Crippen LogP contribution in [0, 0.1) is 25.2 Å². The normalized spacial score (nSPS) is 12.0. The second-order valence-electron chi connectivity index (χ2n) is 4.21. The monoisotopic (exact) mass is 250 g/mol. The molecular formula is C12H18N4O2. The molecule has 1 aromatic rings. The molecule has 98 valence electrons. The summed E-state index contributed by atoms with van der Waals surface area (Å²) in [7, 11) is 3.29. The number of aromatic nitrogens is 2. The largest absolute Gasteiger partial charge is 0.389 e. The molecule has 0 amide bonds. The summed E-state index contributed by atoms with van der Waals surface area (Å²) in [4.78, 5) is 1.71. The molecule has 0 aromatic carbocycles. The average molecular weight is 250 g/mol. The Labute approximate surface area is 107 Å². The van der Waals surface area contributed by atoms with E-state index in [1.165, 1.54) is 7.11 Å². The molecule has 0 spiro atoms. The Morgan fingerprint density at radius 2 is 2.11 bits per heavy atom. The van der Waals surface area contributed by atoms with Crippen LogP contribution in [0.15, 0.2) is 0 Å². The summed E-state index contributed by atoms with van der Waals surface area (Å²) in [6.07, 6.45) is -0.630. The van der Waals surface area contributed by atoms with Crippen molar-refractivity contribution in [2.75, 3.05) is 32.2 Å². The molecule has 0 bridgehead atoms. The van der Waals surface area contributed by atoms with Gasteiger partial charge in [-0.1, -0.05) is 0 Å². The van der Waals surface area contributed by atoms with E-state index < -0.39 is 6.10 Å². The van der Waals surface area contributed by atoms with Crippen LogP contribution >= 0.6 is 0 Å². The summed E-state index contributed by atoms with van der Waals surface area (Å²) in [6, 6.07) is 2.13. The zero-order valence-corrected chi connectivity index (χ0v) is 11.1. The number of ether oxygens (including phenoxy) is 1. The van der Waals surface area contributed by atoms with Crippen LogP contribution in [0.1, 0.15) is 16.8 Å². The van der Waals surface area contributed by atoms with Gasteiger partial charge in [0.1, 0.15) is 11.6 Å². The Bertz CT molecular complexity index is 456. The van der Waals surface area contributed by atoms with Crippen LogP contribution in [-0.2, 0) is 4.74 Å². The van der Waals surface area contributed by atoms with Crippen LogP contribution in [0.2, 0.25) is 0 Å². The molecular weight excluding hydrogens is 232 g/mol. The summed E-state index contributed by atoms with van der Waals surface area (Å²) in [5, 5.41) is 26.9. The van der Waals surface area contributed by atoms with Gasteiger partial charge in [0.25, 0.3) is 0 Å². The van der Waals surface area contributed by atoms with Gasteiger partial charge in [-0.25, -0.2) is 0 Å². The van der Waals surface area contributed by atoms with Crippen molar-refractivity contribution in [3.05, 3.63) is 16.8 Å². The summed E-state index contributed by atoms with van der Waals surface area (Å²) in [6.45, 7) is 4.22. The molecule has 6 nitrogen and oxygen atoms in total. The van der Waals surface area contributed by atoms with E-state index in [0.717, 1.165) is 11.3 Å². The topological polar surface area (TPSA) is 82.3 Å². The molecule has 18 heavy (non-hydrogen) atoms. The molecule has 6 heteroatoms. The summed E-state index contributed by atoms with van der Waals surface area (Å²) < 4.78 is 4.86. The molecule has 0 saturated heterocycles. The molecule has 1 rings (SSSR count). The van der Waals surface area contributed by atoms with Crippen LogP contribution < -0.4 is 4.90 Å². The molecule has 1 atom stereocenters. The van der Waals surface area contributed by atoms with Gasteiger partial charge in [-0.05, 0) is 19.4 Å². The van der Waals surface area contributed by atoms with Crippen LogP contribution in [-0.4, -0.2) is 48.7 Å². The highest BCUT2D eigenvalue weighted by molar-refractivity contribution is 5.57. The van der Waals surface area contributed by atoms with Crippen LogP contribution in [0.4, 0.5) is 5.82 Å². The number of rotatable bonds is 5. The van der Waals surface area contributed by atoms with Gasteiger partial charge in [-0.2, -0.15) is 10.4 Å². The zero-order chi connectivity index (χ0) is 13.7. The second kappa shape index (κ2) is 6.28. The van der Waals surface area contributed by atoms with Gasteiger partial charge in [-0.3, -0.25) is 0 Å². The molecule has 1 aromatic heterocycles. The minimum absolute atomic E-state index is 0.241. The summed E-state index contributed by atoms with van der Waals surface area (Å²) in [5.74, 6) is 0.482. The van der Waals surface area contributed by atoms with Crippen LogP contribution in [0.25, 0.3) is 0 Å². The Morgan fingerprint density at radius 3 is 2.67 bits per heavy atom. The van der Waals surface area contributed by atoms with Gasteiger partial charge in [0.05, 0.1) is 18.4 Å². The molecule has 0 aliphatic rings. The van der Waals surface area contributed by atoms with Gasteiger partial charge in [0.2, 0.25) is 0 Å². The molecule has 1 heterocycles. The van der Waals surface area contributed by atoms with E-state index in [2.05, 4.69) is 16.3 Å². The smallest absolute Gasteiger partial charge is 0.169 e. The van der Waals surface area contributed by atoms with Crippen LogP contribution in [0.5, 0.6) is 0 Å². The Morgan fingerprint density at radius 1 is 1.44 bits per heavy atom. The van der Waals surface area contributed by atoms with E-state index in [-0.39, 0.29) is 6.61 Å². The third-order valence-corrected chi connectivity index (χ3v) is 2.75. The number of anilines is 1. The highest BCUT2D eigenvalue weighted by atomic mass is 16.5. The highest BCUT2D eigenvalue weighted by Crippen LogP contribution is 2.20. The fourth-order valence-corrected chi connectivity index (χ4v) is 1.64. The Balaban J connectivity index is 2.96. The minimum atomic E-state index is -0.630. The van der Waals surface area contributed by atoms with Gasteiger partial charge in [0, 0.05) is 20.7 Å². The number of hydrogen-bond acceptors (Lipinski definition) is 6. The lowest BCUT2D eigenvalue weighted by Crippen LogP contribution is -2.33. The van der Waals surface area contributed by atoms with E-state index >= 15 is 0 Å². The lowest BCUT2D eigenvalue weighted by molar-refractivity contribution is 0.0694. The number of aliphatic hydroxyl groups excluding tert-OH is 1. The standard InChI is InChI=1S/C12H18N4O2/c1-8-9(2)14-15-12(11(8)5-13)16(3)6-10(17)7-18-4/h10,17H,6-7H2,1-4H3. The molecule has 0 aliphatic carbocycles. The molecule has 0 fully saturated rings. The van der Waals surface area contributed by atoms with Gasteiger partial charge in [-0.15, -0.1) is 5.10 Å². The predicted molar refractivity (Wildman–Crippen MR) is 67.4 cm³/mol.